The molecule has 24 heavy (non-hydrogen) atoms. The number of aliphatic imine (C=N–C) groups is 1. The Kier molecular flexibility index (Phi) is 6.10. The zero-order valence-electron chi connectivity index (χ0n) is 14.7. The van der Waals surface area contributed by atoms with E-state index in [0.29, 0.717) is 18.6 Å². The van der Waals surface area contributed by atoms with E-state index in [0.717, 1.165) is 32.1 Å². The van der Waals surface area contributed by atoms with Gasteiger partial charge in [-0.15, -0.1) is 0 Å². The van der Waals surface area contributed by atoms with Crippen LogP contribution in [0.25, 0.3) is 0 Å². The first-order chi connectivity index (χ1) is 11.8. The fourth-order valence-electron chi connectivity index (χ4n) is 3.09. The van der Waals surface area contributed by atoms with E-state index in [1.807, 2.05) is 0 Å². The number of rotatable bonds is 7. The Morgan fingerprint density at radius 1 is 1.38 bits per heavy atom. The largest absolute Gasteiger partial charge is 0.379 e. The van der Waals surface area contributed by atoms with Gasteiger partial charge in [-0.05, 0) is 32.3 Å². The number of hydrogen-bond acceptors (Lipinski definition) is 3. The van der Waals surface area contributed by atoms with Gasteiger partial charge in [-0.25, -0.2) is 0 Å². The lowest BCUT2D eigenvalue weighted by molar-refractivity contribution is 0.0347. The Morgan fingerprint density at radius 2 is 2.21 bits per heavy atom. The molecule has 4 unspecified atom stereocenters. The second-order valence-electron chi connectivity index (χ2n) is 6.69. The summed E-state index contributed by atoms with van der Waals surface area (Å²) in [5.41, 5.74) is 1.41. The highest BCUT2D eigenvalue weighted by Gasteiger charge is 2.39. The van der Waals surface area contributed by atoms with Crippen LogP contribution in [0.2, 0.25) is 0 Å². The van der Waals surface area contributed by atoms with E-state index in [1.165, 1.54) is 12.0 Å². The van der Waals surface area contributed by atoms with Crippen molar-refractivity contribution in [3.63, 3.8) is 0 Å². The highest BCUT2D eigenvalue weighted by Crippen LogP contribution is 2.40. The van der Waals surface area contributed by atoms with Crippen molar-refractivity contribution in [1.29, 1.82) is 0 Å². The maximum Gasteiger partial charge on any atom is 0.191 e. The Bertz CT molecular complexity index is 529. The average molecular weight is 331 g/mol. The van der Waals surface area contributed by atoms with Crippen LogP contribution in [0, 0.1) is 0 Å². The minimum absolute atomic E-state index is 0.220. The van der Waals surface area contributed by atoms with E-state index in [2.05, 4.69) is 59.8 Å². The molecule has 0 bridgehead atoms. The van der Waals surface area contributed by atoms with Gasteiger partial charge in [-0.3, -0.25) is 4.99 Å². The number of ether oxygens (including phenoxy) is 2. The third kappa shape index (κ3) is 4.95. The molecule has 1 aromatic carbocycles. The zero-order valence-corrected chi connectivity index (χ0v) is 14.7. The van der Waals surface area contributed by atoms with Crippen LogP contribution < -0.4 is 10.6 Å². The standard InChI is InChI=1S/C19H29N3O2/c1-3-20-19(21-14(2)12-24-16-9-10-23-13-16)22-18-11-17(18)15-7-5-4-6-8-15/h4-8,14,16-18H,3,9-13H2,1-2H3,(H2,20,21,22). The van der Waals surface area contributed by atoms with Crippen LogP contribution in [-0.2, 0) is 9.47 Å². The average Bonchev–Trinajstić information content (AvgIpc) is 3.15. The molecule has 1 saturated heterocycles. The van der Waals surface area contributed by atoms with E-state index < -0.39 is 0 Å². The molecule has 0 spiro atoms. The molecule has 4 atom stereocenters. The van der Waals surface area contributed by atoms with E-state index in [9.17, 15) is 0 Å². The van der Waals surface area contributed by atoms with Gasteiger partial charge in [0, 0.05) is 31.2 Å². The molecule has 2 aliphatic rings. The maximum absolute atomic E-state index is 5.88. The molecule has 1 aromatic rings. The SMILES string of the molecule is CCN=C(NC(C)COC1CCOC1)NC1CC1c1ccccc1. The summed E-state index contributed by atoms with van der Waals surface area (Å²) < 4.78 is 11.2. The Hall–Kier alpha value is -1.59. The Labute approximate surface area is 144 Å². The van der Waals surface area contributed by atoms with Crippen LogP contribution >= 0.6 is 0 Å². The lowest BCUT2D eigenvalue weighted by atomic mass is 10.1. The van der Waals surface area contributed by atoms with Crippen molar-refractivity contribution in [2.24, 2.45) is 4.99 Å². The van der Waals surface area contributed by atoms with E-state index in [-0.39, 0.29) is 12.1 Å². The highest BCUT2D eigenvalue weighted by molar-refractivity contribution is 5.81. The molecule has 1 saturated carbocycles. The third-order valence-corrected chi connectivity index (χ3v) is 4.51. The Balaban J connectivity index is 1.44. The number of nitrogens with one attached hydrogen (secondary N) is 2. The second-order valence-corrected chi connectivity index (χ2v) is 6.69. The van der Waals surface area contributed by atoms with Gasteiger partial charge in [0.15, 0.2) is 5.96 Å². The number of guanidine groups is 1. The number of nitrogens with zero attached hydrogens (tertiary/aromatic N) is 1. The molecule has 1 aliphatic heterocycles. The Morgan fingerprint density at radius 3 is 2.92 bits per heavy atom. The van der Waals surface area contributed by atoms with Gasteiger partial charge in [-0.1, -0.05) is 30.3 Å². The minimum atomic E-state index is 0.220. The van der Waals surface area contributed by atoms with Crippen molar-refractivity contribution in [1.82, 2.24) is 10.6 Å². The molecular weight excluding hydrogens is 302 g/mol. The van der Waals surface area contributed by atoms with Crippen molar-refractivity contribution < 1.29 is 9.47 Å². The van der Waals surface area contributed by atoms with Crippen LogP contribution in [0.1, 0.15) is 38.2 Å². The predicted molar refractivity (Wildman–Crippen MR) is 96.5 cm³/mol. The van der Waals surface area contributed by atoms with Gasteiger partial charge in [-0.2, -0.15) is 0 Å². The summed E-state index contributed by atoms with van der Waals surface area (Å²) in [5, 5.41) is 7.02. The molecule has 0 amide bonds. The van der Waals surface area contributed by atoms with Gasteiger partial charge in [0.2, 0.25) is 0 Å². The van der Waals surface area contributed by atoms with Crippen molar-refractivity contribution in [2.45, 2.75) is 50.8 Å². The first-order valence-corrected chi connectivity index (χ1v) is 9.08. The smallest absolute Gasteiger partial charge is 0.191 e. The lowest BCUT2D eigenvalue weighted by Crippen LogP contribution is -2.45. The molecule has 2 fully saturated rings. The van der Waals surface area contributed by atoms with Crippen LogP contribution in [-0.4, -0.2) is 50.5 Å². The number of benzene rings is 1. The van der Waals surface area contributed by atoms with Crippen molar-refractivity contribution >= 4 is 5.96 Å². The van der Waals surface area contributed by atoms with E-state index >= 15 is 0 Å². The van der Waals surface area contributed by atoms with Gasteiger partial charge in [0.1, 0.15) is 0 Å². The monoisotopic (exact) mass is 331 g/mol. The van der Waals surface area contributed by atoms with Crippen LogP contribution in [0.3, 0.4) is 0 Å². The van der Waals surface area contributed by atoms with Crippen molar-refractivity contribution in [3.8, 4) is 0 Å². The molecule has 0 radical (unpaired) electrons. The van der Waals surface area contributed by atoms with E-state index in [1.54, 1.807) is 0 Å². The normalized spacial score (nSPS) is 27.8. The first kappa shape index (κ1) is 17.2. The summed E-state index contributed by atoms with van der Waals surface area (Å²) in [6.45, 7) is 7.17. The molecule has 2 N–H and O–H groups in total. The summed E-state index contributed by atoms with van der Waals surface area (Å²) in [6, 6.07) is 11.4. The lowest BCUT2D eigenvalue weighted by Gasteiger charge is -2.20. The van der Waals surface area contributed by atoms with Gasteiger partial charge in [0.05, 0.1) is 19.3 Å². The van der Waals surface area contributed by atoms with Gasteiger partial charge >= 0.3 is 0 Å². The second kappa shape index (κ2) is 8.49. The highest BCUT2D eigenvalue weighted by atomic mass is 16.5. The molecule has 132 valence electrons. The molecule has 1 aliphatic carbocycles. The maximum atomic E-state index is 5.88. The summed E-state index contributed by atoms with van der Waals surface area (Å²) in [7, 11) is 0. The third-order valence-electron chi connectivity index (χ3n) is 4.51. The molecule has 5 heteroatoms. The molecule has 3 rings (SSSR count). The van der Waals surface area contributed by atoms with Crippen LogP contribution in [0.4, 0.5) is 0 Å². The van der Waals surface area contributed by atoms with Crippen LogP contribution in [0.15, 0.2) is 35.3 Å². The molecular formula is C19H29N3O2. The van der Waals surface area contributed by atoms with E-state index in [4.69, 9.17) is 9.47 Å². The molecule has 5 nitrogen and oxygen atoms in total. The molecule has 0 aromatic heterocycles. The van der Waals surface area contributed by atoms with Crippen LogP contribution in [0.5, 0.6) is 0 Å². The van der Waals surface area contributed by atoms with Gasteiger partial charge in [0.25, 0.3) is 0 Å². The fraction of sp³-hybridized carbons (Fsp3) is 0.632. The zero-order chi connectivity index (χ0) is 16.8. The van der Waals surface area contributed by atoms with Crippen molar-refractivity contribution in [3.05, 3.63) is 35.9 Å². The quantitative estimate of drug-likeness (QED) is 0.595. The fourth-order valence-corrected chi connectivity index (χ4v) is 3.09. The summed E-state index contributed by atoms with van der Waals surface area (Å²) >= 11 is 0. The summed E-state index contributed by atoms with van der Waals surface area (Å²) in [6.07, 6.45) is 2.42. The minimum Gasteiger partial charge on any atom is -0.379 e. The summed E-state index contributed by atoms with van der Waals surface area (Å²) in [5.74, 6) is 1.48. The number of hydrogen-bond donors (Lipinski definition) is 2. The topological polar surface area (TPSA) is 54.9 Å². The predicted octanol–water partition coefficient (Wildman–Crippen LogP) is 2.29. The molecule has 1 heterocycles. The first-order valence-electron chi connectivity index (χ1n) is 9.08. The van der Waals surface area contributed by atoms with Gasteiger partial charge < -0.3 is 20.1 Å². The van der Waals surface area contributed by atoms with Crippen molar-refractivity contribution in [2.75, 3.05) is 26.4 Å². The summed E-state index contributed by atoms with van der Waals surface area (Å²) in [4.78, 5) is 4.57.